The molecule has 1 aromatic rings. The van der Waals surface area contributed by atoms with Gasteiger partial charge in [0.15, 0.2) is 11.5 Å². The standard InChI is InChI=1S/C9H17OS.C7H8O3S/c1-8(2)9(10)7-11-5-3-4-6-11;1-6-2-4-7(5-3-6)11(8,9)10/h8H,3-7H2,1-2H3;2-5H,1H3,(H,8,9,10)/q+1;/p-1. The molecule has 124 valence electrons. The molecule has 1 aromatic carbocycles. The number of aryl methyl sites for hydroxylation is 1. The highest BCUT2D eigenvalue weighted by Crippen LogP contribution is 2.14. The fraction of sp³-hybridized carbons (Fsp3) is 0.562. The van der Waals surface area contributed by atoms with Gasteiger partial charge in [-0.1, -0.05) is 31.5 Å². The minimum absolute atomic E-state index is 0.178. The van der Waals surface area contributed by atoms with E-state index in [-0.39, 0.29) is 10.8 Å². The number of ketones is 1. The van der Waals surface area contributed by atoms with E-state index < -0.39 is 10.1 Å². The van der Waals surface area contributed by atoms with Gasteiger partial charge in [-0.2, -0.15) is 0 Å². The van der Waals surface area contributed by atoms with E-state index in [2.05, 4.69) is 0 Å². The molecule has 0 aromatic heterocycles. The lowest BCUT2D eigenvalue weighted by Gasteiger charge is -2.05. The molecule has 4 nitrogen and oxygen atoms in total. The first-order valence-corrected chi connectivity index (χ1v) is 10.5. The molecular formula is C16H24O4S2. The van der Waals surface area contributed by atoms with Gasteiger partial charge in [0.1, 0.15) is 21.6 Å². The minimum Gasteiger partial charge on any atom is -0.744 e. The first-order valence-electron chi connectivity index (χ1n) is 7.39. The van der Waals surface area contributed by atoms with E-state index in [1.807, 2.05) is 20.8 Å². The number of benzene rings is 1. The molecule has 1 fully saturated rings. The van der Waals surface area contributed by atoms with E-state index >= 15 is 0 Å². The lowest BCUT2D eigenvalue weighted by Crippen LogP contribution is -2.21. The molecule has 1 aliphatic rings. The molecule has 0 radical (unpaired) electrons. The molecule has 2 rings (SSSR count). The van der Waals surface area contributed by atoms with Crippen LogP contribution in [0.5, 0.6) is 0 Å². The molecule has 1 heterocycles. The number of carbonyl (C=O) groups excluding carboxylic acids is 1. The van der Waals surface area contributed by atoms with Crippen LogP contribution in [-0.2, 0) is 25.8 Å². The molecule has 0 saturated carbocycles. The van der Waals surface area contributed by atoms with Crippen molar-refractivity contribution in [1.82, 2.24) is 0 Å². The molecule has 0 bridgehead atoms. The summed E-state index contributed by atoms with van der Waals surface area (Å²) in [5.41, 5.74) is 0.928. The quantitative estimate of drug-likeness (QED) is 0.621. The zero-order valence-electron chi connectivity index (χ0n) is 13.4. The van der Waals surface area contributed by atoms with Crippen molar-refractivity contribution in [1.29, 1.82) is 0 Å². The van der Waals surface area contributed by atoms with Crippen molar-refractivity contribution < 1.29 is 17.8 Å². The van der Waals surface area contributed by atoms with Gasteiger partial charge in [-0.15, -0.1) is 0 Å². The predicted octanol–water partition coefficient (Wildman–Crippen LogP) is 2.52. The Morgan fingerprint density at radius 3 is 2.09 bits per heavy atom. The summed E-state index contributed by atoms with van der Waals surface area (Å²) in [6.07, 6.45) is 2.71. The SMILES string of the molecule is CC(C)C(=O)C[S+]1CCCC1.Cc1ccc(S(=O)(=O)[O-])cc1. The maximum Gasteiger partial charge on any atom is 0.184 e. The van der Waals surface area contributed by atoms with Gasteiger partial charge in [-0.25, -0.2) is 8.42 Å². The topological polar surface area (TPSA) is 74.3 Å². The number of rotatable bonds is 4. The highest BCUT2D eigenvalue weighted by atomic mass is 32.2. The van der Waals surface area contributed by atoms with E-state index in [1.54, 1.807) is 12.1 Å². The number of carbonyl (C=O) groups is 1. The van der Waals surface area contributed by atoms with Gasteiger partial charge in [0, 0.05) is 5.92 Å². The Kier molecular flexibility index (Phi) is 7.59. The van der Waals surface area contributed by atoms with Crippen molar-refractivity contribution in [2.24, 2.45) is 5.92 Å². The van der Waals surface area contributed by atoms with E-state index in [0.29, 0.717) is 16.7 Å². The molecule has 6 heteroatoms. The monoisotopic (exact) mass is 344 g/mol. The van der Waals surface area contributed by atoms with Gasteiger partial charge in [-0.05, 0) is 42.8 Å². The Bertz CT molecular complexity index is 571. The average molecular weight is 344 g/mol. The Labute approximate surface area is 136 Å². The Morgan fingerprint density at radius 1 is 1.18 bits per heavy atom. The van der Waals surface area contributed by atoms with Gasteiger partial charge >= 0.3 is 0 Å². The van der Waals surface area contributed by atoms with Crippen molar-refractivity contribution in [3.05, 3.63) is 29.8 Å². The molecule has 0 unspecified atom stereocenters. The zero-order chi connectivity index (χ0) is 16.8. The lowest BCUT2D eigenvalue weighted by atomic mass is 10.1. The van der Waals surface area contributed by atoms with Gasteiger partial charge in [0.05, 0.1) is 4.90 Å². The van der Waals surface area contributed by atoms with Crippen molar-refractivity contribution in [3.63, 3.8) is 0 Å². The molecule has 0 spiro atoms. The third kappa shape index (κ3) is 6.94. The Hall–Kier alpha value is -0.850. The van der Waals surface area contributed by atoms with Crippen LogP contribution in [0.15, 0.2) is 29.2 Å². The largest absolute Gasteiger partial charge is 0.744 e. The third-order valence-electron chi connectivity index (χ3n) is 3.42. The molecule has 22 heavy (non-hydrogen) atoms. The summed E-state index contributed by atoms with van der Waals surface area (Å²) in [5.74, 6) is 4.23. The van der Waals surface area contributed by atoms with Crippen LogP contribution in [0.2, 0.25) is 0 Å². The summed E-state index contributed by atoms with van der Waals surface area (Å²) < 4.78 is 31.2. The number of Topliss-reactive ketones (excluding diaryl/α,β-unsaturated/α-hetero) is 1. The zero-order valence-corrected chi connectivity index (χ0v) is 15.0. The molecule has 0 N–H and O–H groups in total. The fourth-order valence-electron chi connectivity index (χ4n) is 1.93. The van der Waals surface area contributed by atoms with Crippen molar-refractivity contribution >= 4 is 26.8 Å². The van der Waals surface area contributed by atoms with E-state index in [9.17, 15) is 17.8 Å². The van der Waals surface area contributed by atoms with Crippen molar-refractivity contribution in [3.8, 4) is 0 Å². The van der Waals surface area contributed by atoms with E-state index in [4.69, 9.17) is 0 Å². The number of hydrogen-bond donors (Lipinski definition) is 0. The van der Waals surface area contributed by atoms with Crippen LogP contribution < -0.4 is 0 Å². The van der Waals surface area contributed by atoms with Gasteiger partial charge in [0.25, 0.3) is 0 Å². The third-order valence-corrected chi connectivity index (χ3v) is 6.69. The highest BCUT2D eigenvalue weighted by molar-refractivity contribution is 7.97. The van der Waals surface area contributed by atoms with Crippen LogP contribution in [0.3, 0.4) is 0 Å². The lowest BCUT2D eigenvalue weighted by molar-refractivity contribution is -0.119. The first kappa shape index (κ1) is 19.2. The van der Waals surface area contributed by atoms with Gasteiger partial charge in [0.2, 0.25) is 0 Å². The van der Waals surface area contributed by atoms with Crippen LogP contribution in [-0.4, -0.2) is 36.0 Å². The van der Waals surface area contributed by atoms with E-state index in [1.165, 1.54) is 36.5 Å². The molecule has 0 amide bonds. The smallest absolute Gasteiger partial charge is 0.184 e. The summed E-state index contributed by atoms with van der Waals surface area (Å²) in [7, 11) is -3.80. The molecule has 1 saturated heterocycles. The second-order valence-electron chi connectivity index (χ2n) is 5.76. The van der Waals surface area contributed by atoms with Gasteiger partial charge < -0.3 is 4.55 Å². The summed E-state index contributed by atoms with van der Waals surface area (Å²) in [4.78, 5) is 11.1. The maximum absolute atomic E-state index is 11.3. The predicted molar refractivity (Wildman–Crippen MR) is 90.2 cm³/mol. The molecule has 0 atom stereocenters. The van der Waals surface area contributed by atoms with Crippen LogP contribution in [0, 0.1) is 12.8 Å². The molecular weight excluding hydrogens is 320 g/mol. The van der Waals surface area contributed by atoms with Crippen LogP contribution in [0.4, 0.5) is 0 Å². The summed E-state index contributed by atoms with van der Waals surface area (Å²) in [6.45, 7) is 5.82. The van der Waals surface area contributed by atoms with E-state index in [0.717, 1.165) is 11.3 Å². The summed E-state index contributed by atoms with van der Waals surface area (Å²) >= 11 is 0. The van der Waals surface area contributed by atoms with Crippen LogP contribution in [0.1, 0.15) is 32.3 Å². The van der Waals surface area contributed by atoms with Crippen LogP contribution >= 0.6 is 0 Å². The molecule has 0 aliphatic carbocycles. The molecule has 1 aliphatic heterocycles. The second-order valence-corrected chi connectivity index (χ2v) is 9.47. The van der Waals surface area contributed by atoms with Gasteiger partial charge in [-0.3, -0.25) is 4.79 Å². The van der Waals surface area contributed by atoms with Crippen molar-refractivity contribution in [2.45, 2.75) is 38.5 Å². The highest BCUT2D eigenvalue weighted by Gasteiger charge is 2.27. The van der Waals surface area contributed by atoms with Crippen LogP contribution in [0.25, 0.3) is 0 Å². The summed E-state index contributed by atoms with van der Waals surface area (Å²) in [5, 5.41) is 0. The fourth-order valence-corrected chi connectivity index (χ4v) is 4.85. The minimum atomic E-state index is -4.27. The maximum atomic E-state index is 11.3. The normalized spacial score (nSPS) is 15.5. The second kappa shape index (κ2) is 8.70. The Morgan fingerprint density at radius 2 is 1.68 bits per heavy atom. The Balaban J connectivity index is 0.000000220. The van der Waals surface area contributed by atoms with Crippen molar-refractivity contribution in [2.75, 3.05) is 17.3 Å². The number of hydrogen-bond acceptors (Lipinski definition) is 4. The summed E-state index contributed by atoms with van der Waals surface area (Å²) in [6, 6.07) is 5.78. The average Bonchev–Trinajstić information content (AvgIpc) is 2.91. The first-order chi connectivity index (χ1) is 10.2.